The first-order valence-corrected chi connectivity index (χ1v) is 7.54. The molecule has 0 saturated heterocycles. The molecule has 3 nitrogen and oxygen atoms in total. The Labute approximate surface area is 121 Å². The number of hydrogen-bond acceptors (Lipinski definition) is 2. The van der Waals surface area contributed by atoms with E-state index < -0.39 is 0 Å². The van der Waals surface area contributed by atoms with Gasteiger partial charge in [0, 0.05) is 6.04 Å². The summed E-state index contributed by atoms with van der Waals surface area (Å²) in [7, 11) is 0. The third-order valence-electron chi connectivity index (χ3n) is 3.99. The van der Waals surface area contributed by atoms with E-state index in [1.807, 2.05) is 26.0 Å². The van der Waals surface area contributed by atoms with Gasteiger partial charge in [-0.1, -0.05) is 19.1 Å². The number of carbonyl (C=O) groups excluding carboxylic acids is 1. The lowest BCUT2D eigenvalue weighted by Gasteiger charge is -2.13. The molecule has 2 unspecified atom stereocenters. The monoisotopic (exact) mass is 275 g/mol. The normalized spacial score (nSPS) is 21.8. The second-order valence-electron chi connectivity index (χ2n) is 6.05. The molecule has 2 rings (SSSR count). The van der Waals surface area contributed by atoms with Crippen molar-refractivity contribution in [2.45, 2.75) is 52.5 Å². The van der Waals surface area contributed by atoms with E-state index in [1.54, 1.807) is 0 Å². The summed E-state index contributed by atoms with van der Waals surface area (Å²) < 4.78 is 5.71. The van der Waals surface area contributed by atoms with Crippen LogP contribution in [0.1, 0.15) is 43.7 Å². The van der Waals surface area contributed by atoms with Crippen LogP contribution in [0.25, 0.3) is 0 Å². The molecule has 0 heterocycles. The fourth-order valence-corrected chi connectivity index (χ4v) is 2.75. The van der Waals surface area contributed by atoms with Gasteiger partial charge in [-0.25, -0.2) is 0 Å². The minimum atomic E-state index is 0.106. The molecule has 1 saturated carbocycles. The molecule has 0 bridgehead atoms. The number of rotatable bonds is 5. The second kappa shape index (κ2) is 6.78. The first-order valence-electron chi connectivity index (χ1n) is 7.54. The molecule has 0 spiro atoms. The van der Waals surface area contributed by atoms with Crippen LogP contribution >= 0.6 is 0 Å². The molecule has 20 heavy (non-hydrogen) atoms. The number of benzene rings is 1. The van der Waals surface area contributed by atoms with Crippen LogP contribution in [0.15, 0.2) is 18.2 Å². The summed E-state index contributed by atoms with van der Waals surface area (Å²) in [6, 6.07) is 6.50. The highest BCUT2D eigenvalue weighted by atomic mass is 16.5. The third-order valence-corrected chi connectivity index (χ3v) is 3.99. The molecule has 1 aliphatic carbocycles. The number of hydrogen-bond donors (Lipinski definition) is 1. The maximum absolute atomic E-state index is 11.9. The predicted octanol–water partition coefficient (Wildman–Crippen LogP) is 3.38. The van der Waals surface area contributed by atoms with E-state index in [4.69, 9.17) is 4.74 Å². The van der Waals surface area contributed by atoms with E-state index in [-0.39, 0.29) is 5.91 Å². The van der Waals surface area contributed by atoms with Crippen LogP contribution in [0.2, 0.25) is 0 Å². The lowest BCUT2D eigenvalue weighted by Crippen LogP contribution is -2.33. The summed E-state index contributed by atoms with van der Waals surface area (Å²) >= 11 is 0. The van der Waals surface area contributed by atoms with Gasteiger partial charge in [-0.05, 0) is 56.2 Å². The highest BCUT2D eigenvalue weighted by molar-refractivity contribution is 5.76. The quantitative estimate of drug-likeness (QED) is 0.894. The Morgan fingerprint density at radius 1 is 1.35 bits per heavy atom. The van der Waals surface area contributed by atoms with Crippen molar-refractivity contribution in [2.75, 3.05) is 6.61 Å². The van der Waals surface area contributed by atoms with Crippen LogP contribution < -0.4 is 10.1 Å². The molecule has 1 aromatic rings. The number of ether oxygens (including phenoxy) is 1. The number of nitrogens with one attached hydrogen (secondary N) is 1. The van der Waals surface area contributed by atoms with Crippen molar-refractivity contribution < 1.29 is 9.53 Å². The molecule has 1 aliphatic rings. The lowest BCUT2D eigenvalue weighted by atomic mass is 10.1. The SMILES string of the molecule is Cc1ccc(C)c(OCCC(=O)NC2CCC(C)C2)c1. The van der Waals surface area contributed by atoms with E-state index in [1.165, 1.54) is 12.0 Å². The third kappa shape index (κ3) is 4.26. The Hall–Kier alpha value is -1.51. The van der Waals surface area contributed by atoms with E-state index in [9.17, 15) is 4.79 Å². The largest absolute Gasteiger partial charge is 0.493 e. The van der Waals surface area contributed by atoms with Crippen molar-refractivity contribution in [2.24, 2.45) is 5.92 Å². The van der Waals surface area contributed by atoms with Gasteiger partial charge in [-0.2, -0.15) is 0 Å². The van der Waals surface area contributed by atoms with Gasteiger partial charge in [0.15, 0.2) is 0 Å². The molecule has 1 amide bonds. The molecule has 1 fully saturated rings. The maximum Gasteiger partial charge on any atom is 0.223 e. The molecule has 1 N–H and O–H groups in total. The smallest absolute Gasteiger partial charge is 0.223 e. The standard InChI is InChI=1S/C17H25NO2/c1-12-5-7-15(10-12)18-17(19)8-9-20-16-11-13(2)4-6-14(16)3/h4,6,11-12,15H,5,7-10H2,1-3H3,(H,18,19). The Bertz CT molecular complexity index is 470. The molecule has 0 aliphatic heterocycles. The first kappa shape index (κ1) is 14.9. The molecular weight excluding hydrogens is 250 g/mol. The van der Waals surface area contributed by atoms with Gasteiger partial charge in [0.05, 0.1) is 13.0 Å². The summed E-state index contributed by atoms with van der Waals surface area (Å²) in [6.45, 7) is 6.75. The van der Waals surface area contributed by atoms with Gasteiger partial charge in [-0.3, -0.25) is 4.79 Å². The van der Waals surface area contributed by atoms with Crippen molar-refractivity contribution in [3.63, 3.8) is 0 Å². The van der Waals surface area contributed by atoms with E-state index >= 15 is 0 Å². The van der Waals surface area contributed by atoms with Gasteiger partial charge in [0.25, 0.3) is 0 Å². The zero-order chi connectivity index (χ0) is 14.5. The first-order chi connectivity index (χ1) is 9.54. The van der Waals surface area contributed by atoms with Gasteiger partial charge in [-0.15, -0.1) is 0 Å². The van der Waals surface area contributed by atoms with Crippen LogP contribution in [-0.4, -0.2) is 18.6 Å². The molecule has 0 radical (unpaired) electrons. The van der Waals surface area contributed by atoms with E-state index in [0.29, 0.717) is 19.1 Å². The van der Waals surface area contributed by atoms with Crippen LogP contribution in [-0.2, 0) is 4.79 Å². The van der Waals surface area contributed by atoms with Crippen LogP contribution in [0.5, 0.6) is 5.75 Å². The number of amides is 1. The van der Waals surface area contributed by atoms with Crippen molar-refractivity contribution in [3.05, 3.63) is 29.3 Å². The molecule has 0 aromatic heterocycles. The van der Waals surface area contributed by atoms with Gasteiger partial charge >= 0.3 is 0 Å². The fourth-order valence-electron chi connectivity index (χ4n) is 2.75. The summed E-state index contributed by atoms with van der Waals surface area (Å²) in [4.78, 5) is 11.9. The summed E-state index contributed by atoms with van der Waals surface area (Å²) in [5.74, 6) is 1.73. The van der Waals surface area contributed by atoms with Crippen molar-refractivity contribution >= 4 is 5.91 Å². The van der Waals surface area contributed by atoms with Gasteiger partial charge in [0.2, 0.25) is 5.91 Å². The van der Waals surface area contributed by atoms with Crippen LogP contribution in [0.3, 0.4) is 0 Å². The Balaban J connectivity index is 1.72. The molecule has 2 atom stereocenters. The highest BCUT2D eigenvalue weighted by Gasteiger charge is 2.22. The van der Waals surface area contributed by atoms with Crippen LogP contribution in [0, 0.1) is 19.8 Å². The predicted molar refractivity (Wildman–Crippen MR) is 81.0 cm³/mol. The van der Waals surface area contributed by atoms with E-state index in [0.717, 1.165) is 30.1 Å². The van der Waals surface area contributed by atoms with E-state index in [2.05, 4.69) is 18.3 Å². The summed E-state index contributed by atoms with van der Waals surface area (Å²) in [5, 5.41) is 3.10. The lowest BCUT2D eigenvalue weighted by molar-refractivity contribution is -0.122. The molecular formula is C17H25NO2. The van der Waals surface area contributed by atoms with Crippen molar-refractivity contribution in [1.29, 1.82) is 0 Å². The summed E-state index contributed by atoms with van der Waals surface area (Å²) in [5.41, 5.74) is 2.29. The van der Waals surface area contributed by atoms with Crippen LogP contribution in [0.4, 0.5) is 0 Å². The number of carbonyl (C=O) groups is 1. The number of aryl methyl sites for hydroxylation is 2. The average molecular weight is 275 g/mol. The summed E-state index contributed by atoms with van der Waals surface area (Å²) in [6.07, 6.45) is 3.89. The second-order valence-corrected chi connectivity index (χ2v) is 6.05. The minimum absolute atomic E-state index is 0.106. The zero-order valence-electron chi connectivity index (χ0n) is 12.7. The highest BCUT2D eigenvalue weighted by Crippen LogP contribution is 2.24. The average Bonchev–Trinajstić information content (AvgIpc) is 2.79. The molecule has 110 valence electrons. The Morgan fingerprint density at radius 3 is 2.85 bits per heavy atom. The fraction of sp³-hybridized carbons (Fsp3) is 0.588. The Morgan fingerprint density at radius 2 is 2.15 bits per heavy atom. The Kier molecular flexibility index (Phi) is 5.05. The topological polar surface area (TPSA) is 38.3 Å². The minimum Gasteiger partial charge on any atom is -0.493 e. The van der Waals surface area contributed by atoms with Crippen molar-refractivity contribution in [3.8, 4) is 5.75 Å². The van der Waals surface area contributed by atoms with Gasteiger partial charge in [0.1, 0.15) is 5.75 Å². The molecule has 1 aromatic carbocycles. The maximum atomic E-state index is 11.9. The zero-order valence-corrected chi connectivity index (χ0v) is 12.7. The van der Waals surface area contributed by atoms with Gasteiger partial charge < -0.3 is 10.1 Å². The van der Waals surface area contributed by atoms with Crippen molar-refractivity contribution in [1.82, 2.24) is 5.32 Å². The molecule has 3 heteroatoms.